The lowest BCUT2D eigenvalue weighted by Crippen LogP contribution is -2.30. The van der Waals surface area contributed by atoms with Crippen LogP contribution in [0.2, 0.25) is 0 Å². The largest absolute Gasteiger partial charge is 0.497 e. The predicted molar refractivity (Wildman–Crippen MR) is 82.6 cm³/mol. The van der Waals surface area contributed by atoms with Crippen molar-refractivity contribution in [3.05, 3.63) is 29.8 Å². The smallest absolute Gasteiger partial charge is 0.303 e. The van der Waals surface area contributed by atoms with Gasteiger partial charge in [0.2, 0.25) is 0 Å². The van der Waals surface area contributed by atoms with Crippen LogP contribution < -0.4 is 4.74 Å². The van der Waals surface area contributed by atoms with Crippen molar-refractivity contribution in [1.82, 2.24) is 4.90 Å². The molecule has 21 heavy (non-hydrogen) atoms. The molecule has 4 heteroatoms. The SMILES string of the molecule is COc1ccc(C2CCCCCN2CCCC(=O)O)cc1. The standard InChI is InChI=1S/C17H25NO3/c1-21-15-10-8-14(9-11-15)16-6-3-2-4-12-18(16)13-5-7-17(19)20/h8-11,16H,2-7,12-13H2,1H3,(H,19,20). The number of benzene rings is 1. The Kier molecular flexibility index (Phi) is 6.05. The van der Waals surface area contributed by atoms with E-state index in [0.717, 1.165) is 31.7 Å². The molecule has 0 saturated carbocycles. The fraction of sp³-hybridized carbons (Fsp3) is 0.588. The maximum Gasteiger partial charge on any atom is 0.303 e. The number of likely N-dealkylation sites (tertiary alicyclic amines) is 1. The summed E-state index contributed by atoms with van der Waals surface area (Å²) in [7, 11) is 1.68. The summed E-state index contributed by atoms with van der Waals surface area (Å²) in [5.74, 6) is 0.176. The van der Waals surface area contributed by atoms with Gasteiger partial charge in [0.1, 0.15) is 5.75 Å². The fourth-order valence-corrected chi connectivity index (χ4v) is 3.07. The van der Waals surface area contributed by atoms with E-state index in [0.29, 0.717) is 6.04 Å². The van der Waals surface area contributed by atoms with Crippen molar-refractivity contribution in [3.8, 4) is 5.75 Å². The normalized spacial score (nSPS) is 20.0. The molecule has 0 radical (unpaired) electrons. The van der Waals surface area contributed by atoms with E-state index in [1.165, 1.54) is 24.8 Å². The quantitative estimate of drug-likeness (QED) is 0.872. The molecule has 1 atom stereocenters. The lowest BCUT2D eigenvalue weighted by Gasteiger charge is -2.30. The molecule has 116 valence electrons. The van der Waals surface area contributed by atoms with Crippen molar-refractivity contribution in [3.63, 3.8) is 0 Å². The van der Waals surface area contributed by atoms with Crippen LogP contribution in [0.25, 0.3) is 0 Å². The van der Waals surface area contributed by atoms with Crippen LogP contribution in [0.3, 0.4) is 0 Å². The Labute approximate surface area is 126 Å². The van der Waals surface area contributed by atoms with Gasteiger partial charge in [0.15, 0.2) is 0 Å². The summed E-state index contributed by atoms with van der Waals surface area (Å²) in [6.07, 6.45) is 5.85. The van der Waals surface area contributed by atoms with Crippen molar-refractivity contribution in [1.29, 1.82) is 0 Å². The number of carboxylic acids is 1. The molecule has 1 heterocycles. The molecule has 1 N–H and O–H groups in total. The Balaban J connectivity index is 2.04. The monoisotopic (exact) mass is 291 g/mol. The van der Waals surface area contributed by atoms with E-state index >= 15 is 0 Å². The maximum atomic E-state index is 10.7. The summed E-state index contributed by atoms with van der Waals surface area (Å²) in [5, 5.41) is 8.81. The summed E-state index contributed by atoms with van der Waals surface area (Å²) in [6, 6.07) is 8.70. The number of hydrogen-bond acceptors (Lipinski definition) is 3. The second-order valence-corrected chi connectivity index (χ2v) is 5.67. The van der Waals surface area contributed by atoms with E-state index in [1.54, 1.807) is 7.11 Å². The highest BCUT2D eigenvalue weighted by molar-refractivity contribution is 5.66. The highest BCUT2D eigenvalue weighted by atomic mass is 16.5. The van der Waals surface area contributed by atoms with Crippen molar-refractivity contribution in [2.75, 3.05) is 20.2 Å². The minimum atomic E-state index is -0.703. The molecule has 1 unspecified atom stereocenters. The minimum Gasteiger partial charge on any atom is -0.497 e. The van der Waals surface area contributed by atoms with Crippen LogP contribution in [0.5, 0.6) is 5.75 Å². The van der Waals surface area contributed by atoms with Crippen molar-refractivity contribution >= 4 is 5.97 Å². The zero-order valence-electron chi connectivity index (χ0n) is 12.8. The molecule has 1 aliphatic heterocycles. The van der Waals surface area contributed by atoms with Crippen molar-refractivity contribution in [2.24, 2.45) is 0 Å². The van der Waals surface area contributed by atoms with E-state index in [9.17, 15) is 4.79 Å². The second-order valence-electron chi connectivity index (χ2n) is 5.67. The average Bonchev–Trinajstić information content (AvgIpc) is 2.72. The van der Waals surface area contributed by atoms with Gasteiger partial charge in [-0.1, -0.05) is 25.0 Å². The summed E-state index contributed by atoms with van der Waals surface area (Å²) in [6.45, 7) is 1.93. The number of rotatable bonds is 6. The number of hydrogen-bond donors (Lipinski definition) is 1. The number of carbonyl (C=O) groups is 1. The van der Waals surface area contributed by atoms with Gasteiger partial charge in [-0.25, -0.2) is 0 Å². The van der Waals surface area contributed by atoms with Crippen LogP contribution in [-0.2, 0) is 4.79 Å². The molecule has 0 aromatic heterocycles. The second kappa shape index (κ2) is 8.03. The van der Waals surface area contributed by atoms with Crippen LogP contribution in [-0.4, -0.2) is 36.2 Å². The first-order chi connectivity index (χ1) is 10.2. The molecule has 1 saturated heterocycles. The zero-order valence-corrected chi connectivity index (χ0v) is 12.8. The molecular weight excluding hydrogens is 266 g/mol. The predicted octanol–water partition coefficient (Wildman–Crippen LogP) is 3.48. The third-order valence-electron chi connectivity index (χ3n) is 4.20. The highest BCUT2D eigenvalue weighted by Gasteiger charge is 2.22. The Morgan fingerprint density at radius 2 is 2.05 bits per heavy atom. The number of nitrogens with zero attached hydrogens (tertiary/aromatic N) is 1. The Hall–Kier alpha value is -1.55. The van der Waals surface area contributed by atoms with Crippen molar-refractivity contribution in [2.45, 2.75) is 44.6 Å². The van der Waals surface area contributed by atoms with Gasteiger partial charge in [0, 0.05) is 12.5 Å². The molecule has 0 amide bonds. The topological polar surface area (TPSA) is 49.8 Å². The molecule has 4 nitrogen and oxygen atoms in total. The number of methoxy groups -OCH3 is 1. The van der Waals surface area contributed by atoms with Gasteiger partial charge >= 0.3 is 5.97 Å². The number of aliphatic carboxylic acids is 1. The van der Waals surface area contributed by atoms with Crippen LogP contribution in [0.15, 0.2) is 24.3 Å². The number of ether oxygens (including phenoxy) is 1. The first kappa shape index (κ1) is 15.8. The van der Waals surface area contributed by atoms with Crippen LogP contribution in [0.1, 0.15) is 50.1 Å². The third-order valence-corrected chi connectivity index (χ3v) is 4.20. The number of carboxylic acid groups (broad SMARTS) is 1. The maximum absolute atomic E-state index is 10.7. The summed E-state index contributed by atoms with van der Waals surface area (Å²) >= 11 is 0. The van der Waals surface area contributed by atoms with E-state index in [1.807, 2.05) is 12.1 Å². The van der Waals surface area contributed by atoms with Gasteiger partial charge in [-0.15, -0.1) is 0 Å². The highest BCUT2D eigenvalue weighted by Crippen LogP contribution is 2.31. The van der Waals surface area contributed by atoms with Crippen LogP contribution >= 0.6 is 0 Å². The van der Waals surface area contributed by atoms with Crippen molar-refractivity contribution < 1.29 is 14.6 Å². The molecule has 0 aliphatic carbocycles. The van der Waals surface area contributed by atoms with Crippen LogP contribution in [0, 0.1) is 0 Å². The Morgan fingerprint density at radius 1 is 1.29 bits per heavy atom. The van der Waals surface area contributed by atoms with E-state index in [4.69, 9.17) is 9.84 Å². The molecule has 0 bridgehead atoms. The van der Waals surface area contributed by atoms with Gasteiger partial charge in [-0.3, -0.25) is 9.69 Å². The first-order valence-electron chi connectivity index (χ1n) is 7.80. The molecule has 1 aromatic carbocycles. The molecule has 1 aliphatic rings. The summed E-state index contributed by atoms with van der Waals surface area (Å²) < 4.78 is 5.22. The first-order valence-corrected chi connectivity index (χ1v) is 7.80. The zero-order chi connectivity index (χ0) is 15.1. The minimum absolute atomic E-state index is 0.256. The lowest BCUT2D eigenvalue weighted by atomic mass is 10.0. The Bertz CT molecular complexity index is 444. The molecule has 1 aromatic rings. The third kappa shape index (κ3) is 4.74. The van der Waals surface area contributed by atoms with E-state index in [-0.39, 0.29) is 6.42 Å². The Morgan fingerprint density at radius 3 is 2.71 bits per heavy atom. The molecule has 0 spiro atoms. The van der Waals surface area contributed by atoms with Gasteiger partial charge in [-0.05, 0) is 50.0 Å². The van der Waals surface area contributed by atoms with Gasteiger partial charge in [0.25, 0.3) is 0 Å². The summed E-state index contributed by atoms with van der Waals surface area (Å²) in [4.78, 5) is 13.2. The fourth-order valence-electron chi connectivity index (χ4n) is 3.07. The molecule has 2 rings (SSSR count). The lowest BCUT2D eigenvalue weighted by molar-refractivity contribution is -0.137. The molecule has 1 fully saturated rings. The average molecular weight is 291 g/mol. The van der Waals surface area contributed by atoms with Crippen LogP contribution in [0.4, 0.5) is 0 Å². The van der Waals surface area contributed by atoms with Gasteiger partial charge in [0.05, 0.1) is 7.11 Å². The van der Waals surface area contributed by atoms with E-state index in [2.05, 4.69) is 17.0 Å². The van der Waals surface area contributed by atoms with Gasteiger partial charge in [-0.2, -0.15) is 0 Å². The van der Waals surface area contributed by atoms with E-state index < -0.39 is 5.97 Å². The molecular formula is C17H25NO3. The summed E-state index contributed by atoms with van der Waals surface area (Å²) in [5.41, 5.74) is 1.31. The van der Waals surface area contributed by atoms with Gasteiger partial charge < -0.3 is 9.84 Å².